The van der Waals surface area contributed by atoms with Crippen molar-refractivity contribution >= 4 is 33.1 Å². The number of benzene rings is 1. The van der Waals surface area contributed by atoms with Gasteiger partial charge in [-0.1, -0.05) is 24.6 Å². The van der Waals surface area contributed by atoms with E-state index in [1.807, 2.05) is 31.2 Å². The second-order valence-corrected chi connectivity index (χ2v) is 8.60. The highest BCUT2D eigenvalue weighted by Crippen LogP contribution is 2.35. The van der Waals surface area contributed by atoms with Crippen LogP contribution in [-0.2, 0) is 17.6 Å². The van der Waals surface area contributed by atoms with Crippen molar-refractivity contribution in [3.63, 3.8) is 0 Å². The zero-order chi connectivity index (χ0) is 19.1. The molecule has 0 aliphatic heterocycles. The number of thiophene rings is 1. The summed E-state index contributed by atoms with van der Waals surface area (Å²) in [5, 5.41) is 3.59. The number of rotatable bonds is 3. The standard InChI is InChI=1S/C21H23N3O2S/c1-12-4-7-15(8-5-12)23-19(25)14(3)24-11-22-20-18(21(24)26)16-9-6-13(2)10-17(16)27-20/h4-5,7-8,11,13-14H,6,9-10H2,1-3H3,(H,23,25)/t13-,14+/m1/s1. The lowest BCUT2D eigenvalue weighted by atomic mass is 9.89. The Bertz CT molecular complexity index is 1070. The van der Waals surface area contributed by atoms with E-state index in [9.17, 15) is 9.59 Å². The SMILES string of the molecule is Cc1ccc(NC(=O)[C@H](C)n2cnc3sc4c(c3c2=O)CC[C@@H](C)C4)cc1. The number of carbonyl (C=O) groups is 1. The molecule has 2 atom stereocenters. The first-order valence-corrected chi connectivity index (χ1v) is 10.1. The molecule has 1 aromatic carbocycles. The zero-order valence-corrected chi connectivity index (χ0v) is 16.6. The average molecular weight is 382 g/mol. The van der Waals surface area contributed by atoms with E-state index in [4.69, 9.17) is 0 Å². The van der Waals surface area contributed by atoms with Crippen molar-refractivity contribution < 1.29 is 4.79 Å². The monoisotopic (exact) mass is 381 g/mol. The van der Waals surface area contributed by atoms with Crippen LogP contribution in [0.1, 0.15) is 42.3 Å². The van der Waals surface area contributed by atoms with Gasteiger partial charge in [0.25, 0.3) is 5.56 Å². The van der Waals surface area contributed by atoms with Crippen molar-refractivity contribution in [1.29, 1.82) is 0 Å². The first-order valence-electron chi connectivity index (χ1n) is 9.33. The largest absolute Gasteiger partial charge is 0.324 e. The van der Waals surface area contributed by atoms with Gasteiger partial charge in [-0.25, -0.2) is 4.98 Å². The Morgan fingerprint density at radius 3 is 2.81 bits per heavy atom. The Balaban J connectivity index is 1.66. The molecule has 0 fully saturated rings. The summed E-state index contributed by atoms with van der Waals surface area (Å²) in [4.78, 5) is 32.4. The summed E-state index contributed by atoms with van der Waals surface area (Å²) in [5.74, 6) is 0.423. The van der Waals surface area contributed by atoms with Gasteiger partial charge in [0.2, 0.25) is 5.91 Å². The molecule has 0 bridgehead atoms. The average Bonchev–Trinajstić information content (AvgIpc) is 3.01. The van der Waals surface area contributed by atoms with Gasteiger partial charge >= 0.3 is 0 Å². The topological polar surface area (TPSA) is 64.0 Å². The van der Waals surface area contributed by atoms with E-state index in [0.29, 0.717) is 11.3 Å². The third-order valence-corrected chi connectivity index (χ3v) is 6.52. The molecule has 1 amide bonds. The van der Waals surface area contributed by atoms with E-state index in [1.54, 1.807) is 18.3 Å². The van der Waals surface area contributed by atoms with Crippen LogP contribution in [0.5, 0.6) is 0 Å². The fourth-order valence-corrected chi connectivity index (χ4v) is 4.97. The number of aromatic nitrogens is 2. The Kier molecular flexibility index (Phi) is 4.60. The Morgan fingerprint density at radius 2 is 2.07 bits per heavy atom. The predicted octanol–water partition coefficient (Wildman–Crippen LogP) is 4.09. The van der Waals surface area contributed by atoms with Gasteiger partial charge in [0.15, 0.2) is 0 Å². The highest BCUT2D eigenvalue weighted by atomic mass is 32.1. The van der Waals surface area contributed by atoms with Gasteiger partial charge < -0.3 is 5.32 Å². The summed E-state index contributed by atoms with van der Waals surface area (Å²) in [6.07, 6.45) is 4.53. The van der Waals surface area contributed by atoms with Crippen LogP contribution in [0.3, 0.4) is 0 Å². The lowest BCUT2D eigenvalue weighted by molar-refractivity contribution is -0.118. The van der Waals surface area contributed by atoms with Crippen molar-refractivity contribution in [3.05, 3.63) is 57.0 Å². The van der Waals surface area contributed by atoms with Gasteiger partial charge in [-0.3, -0.25) is 14.2 Å². The van der Waals surface area contributed by atoms with Crippen LogP contribution in [0.25, 0.3) is 10.2 Å². The summed E-state index contributed by atoms with van der Waals surface area (Å²) in [6.45, 7) is 5.98. The highest BCUT2D eigenvalue weighted by molar-refractivity contribution is 7.18. The number of carbonyl (C=O) groups excluding carboxylic acids is 1. The summed E-state index contributed by atoms with van der Waals surface area (Å²) in [7, 11) is 0. The van der Waals surface area contributed by atoms with Crippen molar-refractivity contribution in [2.45, 2.75) is 46.1 Å². The van der Waals surface area contributed by atoms with Crippen LogP contribution in [-0.4, -0.2) is 15.5 Å². The molecule has 2 heterocycles. The van der Waals surface area contributed by atoms with E-state index in [0.717, 1.165) is 40.9 Å². The summed E-state index contributed by atoms with van der Waals surface area (Å²) >= 11 is 1.63. The van der Waals surface area contributed by atoms with Gasteiger partial charge in [0.05, 0.1) is 11.7 Å². The van der Waals surface area contributed by atoms with Crippen molar-refractivity contribution in [2.75, 3.05) is 5.32 Å². The minimum absolute atomic E-state index is 0.112. The summed E-state index contributed by atoms with van der Waals surface area (Å²) in [6, 6.07) is 6.98. The van der Waals surface area contributed by atoms with Crippen molar-refractivity contribution in [1.82, 2.24) is 9.55 Å². The third kappa shape index (κ3) is 3.30. The third-order valence-electron chi connectivity index (χ3n) is 5.36. The first kappa shape index (κ1) is 17.9. The molecule has 0 saturated carbocycles. The number of aryl methyl sites for hydroxylation is 2. The van der Waals surface area contributed by atoms with Crippen LogP contribution in [0, 0.1) is 12.8 Å². The molecule has 1 N–H and O–H groups in total. The number of hydrogen-bond donors (Lipinski definition) is 1. The lowest BCUT2D eigenvalue weighted by Gasteiger charge is -2.18. The van der Waals surface area contributed by atoms with Crippen LogP contribution in [0.15, 0.2) is 35.4 Å². The smallest absolute Gasteiger partial charge is 0.263 e. The molecule has 4 rings (SSSR count). The molecule has 6 heteroatoms. The fraction of sp³-hybridized carbons (Fsp3) is 0.381. The molecule has 1 aliphatic rings. The normalized spacial score (nSPS) is 17.5. The highest BCUT2D eigenvalue weighted by Gasteiger charge is 2.25. The number of nitrogens with one attached hydrogen (secondary N) is 1. The second-order valence-electron chi connectivity index (χ2n) is 7.52. The minimum Gasteiger partial charge on any atom is -0.324 e. The van der Waals surface area contributed by atoms with Crippen molar-refractivity contribution in [3.8, 4) is 0 Å². The van der Waals surface area contributed by atoms with Crippen LogP contribution in [0.4, 0.5) is 5.69 Å². The molecule has 3 aromatic rings. The van der Waals surface area contributed by atoms with Gasteiger partial charge in [-0.2, -0.15) is 0 Å². The Hall–Kier alpha value is -2.47. The molecule has 140 valence electrons. The van der Waals surface area contributed by atoms with Crippen molar-refractivity contribution in [2.24, 2.45) is 5.92 Å². The second kappa shape index (κ2) is 6.93. The minimum atomic E-state index is -0.631. The maximum absolute atomic E-state index is 13.1. The van der Waals surface area contributed by atoms with Crippen LogP contribution in [0.2, 0.25) is 0 Å². The fourth-order valence-electron chi connectivity index (χ4n) is 3.63. The number of amides is 1. The van der Waals surface area contributed by atoms with E-state index in [1.165, 1.54) is 15.8 Å². The summed E-state index contributed by atoms with van der Waals surface area (Å²) in [5.41, 5.74) is 2.88. The predicted molar refractivity (Wildman–Crippen MR) is 110 cm³/mol. The van der Waals surface area contributed by atoms with E-state index >= 15 is 0 Å². The van der Waals surface area contributed by atoms with E-state index in [-0.39, 0.29) is 11.5 Å². The van der Waals surface area contributed by atoms with Gasteiger partial charge in [-0.15, -0.1) is 11.3 Å². The molecule has 27 heavy (non-hydrogen) atoms. The molecule has 0 radical (unpaired) electrons. The molecule has 0 spiro atoms. The molecular weight excluding hydrogens is 358 g/mol. The maximum atomic E-state index is 13.1. The van der Waals surface area contributed by atoms with Crippen LogP contribution >= 0.6 is 11.3 Å². The van der Waals surface area contributed by atoms with E-state index in [2.05, 4.69) is 17.2 Å². The molecule has 0 unspecified atom stereocenters. The Morgan fingerprint density at radius 1 is 1.33 bits per heavy atom. The Labute approximate surface area is 162 Å². The van der Waals surface area contributed by atoms with Gasteiger partial charge in [0, 0.05) is 10.6 Å². The number of fused-ring (bicyclic) bond motifs is 3. The number of anilines is 1. The van der Waals surface area contributed by atoms with Gasteiger partial charge in [-0.05, 0) is 56.7 Å². The number of nitrogens with zero attached hydrogens (tertiary/aromatic N) is 2. The zero-order valence-electron chi connectivity index (χ0n) is 15.8. The molecule has 1 aliphatic carbocycles. The maximum Gasteiger partial charge on any atom is 0.263 e. The van der Waals surface area contributed by atoms with E-state index < -0.39 is 6.04 Å². The number of hydrogen-bond acceptors (Lipinski definition) is 4. The summed E-state index contributed by atoms with van der Waals surface area (Å²) < 4.78 is 1.46. The molecule has 0 saturated heterocycles. The lowest BCUT2D eigenvalue weighted by Crippen LogP contribution is -2.32. The van der Waals surface area contributed by atoms with Gasteiger partial charge in [0.1, 0.15) is 10.9 Å². The molecule has 2 aromatic heterocycles. The van der Waals surface area contributed by atoms with Crippen LogP contribution < -0.4 is 10.9 Å². The quantitative estimate of drug-likeness (QED) is 0.743. The molecule has 5 nitrogen and oxygen atoms in total. The molecular formula is C21H23N3O2S. The first-order chi connectivity index (χ1) is 12.9.